The molecular formula is C14H26O. The predicted molar refractivity (Wildman–Crippen MR) is 64.9 cm³/mol. The molecule has 1 rings (SSSR count). The van der Waals surface area contributed by atoms with Crippen LogP contribution in [0, 0.1) is 11.3 Å². The van der Waals surface area contributed by atoms with Crippen LogP contribution in [-0.4, -0.2) is 5.78 Å². The Morgan fingerprint density at radius 3 is 2.07 bits per heavy atom. The molecule has 0 radical (unpaired) electrons. The van der Waals surface area contributed by atoms with Crippen molar-refractivity contribution in [1.82, 2.24) is 0 Å². The van der Waals surface area contributed by atoms with Crippen LogP contribution in [0.5, 0.6) is 0 Å². The zero-order valence-corrected chi connectivity index (χ0v) is 10.6. The molecule has 0 aromatic carbocycles. The smallest absolute Gasteiger partial charge is 0.139 e. The number of ketones is 1. The second kappa shape index (κ2) is 5.67. The predicted octanol–water partition coefficient (Wildman–Crippen LogP) is 4.35. The lowest BCUT2D eigenvalue weighted by molar-refractivity contribution is -0.129. The summed E-state index contributed by atoms with van der Waals surface area (Å²) in [5.41, 5.74) is 0.0859. The Hall–Kier alpha value is -0.330. The minimum Gasteiger partial charge on any atom is -0.299 e. The number of carbonyl (C=O) groups is 1. The Kier molecular flexibility index (Phi) is 4.82. The van der Waals surface area contributed by atoms with Gasteiger partial charge in [0.25, 0.3) is 0 Å². The average Bonchev–Trinajstić information content (AvgIpc) is 2.75. The molecule has 0 heterocycles. The van der Waals surface area contributed by atoms with Crippen LogP contribution in [-0.2, 0) is 4.79 Å². The van der Waals surface area contributed by atoms with E-state index in [0.717, 1.165) is 38.5 Å². The van der Waals surface area contributed by atoms with E-state index in [-0.39, 0.29) is 5.41 Å². The fraction of sp³-hybridized carbons (Fsp3) is 0.929. The summed E-state index contributed by atoms with van der Waals surface area (Å²) in [4.78, 5) is 12.3. The normalized spacial score (nSPS) is 19.7. The first-order chi connectivity index (χ1) is 7.18. The van der Waals surface area contributed by atoms with E-state index in [2.05, 4.69) is 20.8 Å². The number of carbonyl (C=O) groups excluding carboxylic acids is 1. The Morgan fingerprint density at radius 2 is 1.67 bits per heavy atom. The molecule has 1 aliphatic rings. The molecule has 15 heavy (non-hydrogen) atoms. The molecule has 1 saturated carbocycles. The summed E-state index contributed by atoms with van der Waals surface area (Å²) in [7, 11) is 0. The first kappa shape index (κ1) is 12.7. The van der Waals surface area contributed by atoms with Crippen molar-refractivity contribution in [2.24, 2.45) is 11.3 Å². The van der Waals surface area contributed by atoms with Crippen LogP contribution in [0.15, 0.2) is 0 Å². The molecule has 0 bridgehead atoms. The summed E-state index contributed by atoms with van der Waals surface area (Å²) < 4.78 is 0. The third-order valence-electron chi connectivity index (χ3n) is 4.46. The molecular weight excluding hydrogens is 184 g/mol. The maximum atomic E-state index is 12.3. The summed E-state index contributed by atoms with van der Waals surface area (Å²) >= 11 is 0. The van der Waals surface area contributed by atoms with Crippen LogP contribution in [0.3, 0.4) is 0 Å². The third kappa shape index (κ3) is 2.83. The number of hydrogen-bond acceptors (Lipinski definition) is 1. The van der Waals surface area contributed by atoms with Gasteiger partial charge in [0.1, 0.15) is 5.78 Å². The van der Waals surface area contributed by atoms with E-state index in [1.54, 1.807) is 0 Å². The average molecular weight is 210 g/mol. The standard InChI is InChI=1S/C14H26O/c1-4-12(5-2)11-13(15)14(6-3)9-7-8-10-14/h12H,4-11H2,1-3H3. The lowest BCUT2D eigenvalue weighted by Gasteiger charge is -2.27. The van der Waals surface area contributed by atoms with Crippen molar-refractivity contribution in [3.63, 3.8) is 0 Å². The van der Waals surface area contributed by atoms with Gasteiger partial charge < -0.3 is 0 Å². The van der Waals surface area contributed by atoms with E-state index >= 15 is 0 Å². The second-order valence-corrected chi connectivity index (χ2v) is 5.15. The van der Waals surface area contributed by atoms with E-state index in [1.807, 2.05) is 0 Å². The van der Waals surface area contributed by atoms with Gasteiger partial charge in [-0.1, -0.05) is 46.5 Å². The summed E-state index contributed by atoms with van der Waals surface area (Å²) in [6.07, 6.45) is 9.05. The highest BCUT2D eigenvalue weighted by atomic mass is 16.1. The zero-order valence-electron chi connectivity index (χ0n) is 10.6. The van der Waals surface area contributed by atoms with Crippen LogP contribution in [0.1, 0.15) is 72.1 Å². The van der Waals surface area contributed by atoms with Crippen LogP contribution in [0.25, 0.3) is 0 Å². The van der Waals surface area contributed by atoms with Gasteiger partial charge in [-0.15, -0.1) is 0 Å². The molecule has 0 N–H and O–H groups in total. The lowest BCUT2D eigenvalue weighted by Crippen LogP contribution is -2.28. The van der Waals surface area contributed by atoms with E-state index in [4.69, 9.17) is 0 Å². The van der Waals surface area contributed by atoms with Crippen LogP contribution < -0.4 is 0 Å². The first-order valence-corrected chi connectivity index (χ1v) is 6.71. The van der Waals surface area contributed by atoms with Gasteiger partial charge in [0.05, 0.1) is 0 Å². The number of Topliss-reactive ketones (excluding diaryl/α,β-unsaturated/α-hetero) is 1. The van der Waals surface area contributed by atoms with Crippen LogP contribution in [0.4, 0.5) is 0 Å². The first-order valence-electron chi connectivity index (χ1n) is 6.71. The Bertz CT molecular complexity index is 197. The molecule has 0 aromatic rings. The molecule has 0 spiro atoms. The number of rotatable bonds is 6. The molecule has 1 fully saturated rings. The highest BCUT2D eigenvalue weighted by molar-refractivity contribution is 5.85. The van der Waals surface area contributed by atoms with Crippen molar-refractivity contribution in [3.8, 4) is 0 Å². The highest BCUT2D eigenvalue weighted by Gasteiger charge is 2.38. The van der Waals surface area contributed by atoms with Gasteiger partial charge in [-0.2, -0.15) is 0 Å². The second-order valence-electron chi connectivity index (χ2n) is 5.15. The summed E-state index contributed by atoms with van der Waals surface area (Å²) in [5.74, 6) is 1.19. The highest BCUT2D eigenvalue weighted by Crippen LogP contribution is 2.43. The minimum absolute atomic E-state index is 0.0859. The minimum atomic E-state index is 0.0859. The van der Waals surface area contributed by atoms with Crippen molar-refractivity contribution in [2.45, 2.75) is 72.1 Å². The maximum Gasteiger partial charge on any atom is 0.139 e. The summed E-state index contributed by atoms with van der Waals surface area (Å²) in [6.45, 7) is 6.60. The molecule has 0 saturated heterocycles. The van der Waals surface area contributed by atoms with Crippen molar-refractivity contribution < 1.29 is 4.79 Å². The van der Waals surface area contributed by atoms with E-state index < -0.39 is 0 Å². The Labute approximate surface area is 94.6 Å². The molecule has 1 aliphatic carbocycles. The third-order valence-corrected chi connectivity index (χ3v) is 4.46. The molecule has 0 atom stereocenters. The maximum absolute atomic E-state index is 12.3. The van der Waals surface area contributed by atoms with E-state index in [1.165, 1.54) is 12.8 Å². The SMILES string of the molecule is CCC(CC)CC(=O)C1(CC)CCCC1. The summed E-state index contributed by atoms with van der Waals surface area (Å²) in [5, 5.41) is 0. The van der Waals surface area contributed by atoms with Crippen molar-refractivity contribution in [1.29, 1.82) is 0 Å². The fourth-order valence-electron chi connectivity index (χ4n) is 2.94. The van der Waals surface area contributed by atoms with E-state index in [0.29, 0.717) is 11.7 Å². The van der Waals surface area contributed by atoms with Gasteiger partial charge in [-0.25, -0.2) is 0 Å². The fourth-order valence-corrected chi connectivity index (χ4v) is 2.94. The van der Waals surface area contributed by atoms with Gasteiger partial charge in [0, 0.05) is 11.8 Å². The van der Waals surface area contributed by atoms with Gasteiger partial charge in [0.15, 0.2) is 0 Å². The van der Waals surface area contributed by atoms with Crippen molar-refractivity contribution >= 4 is 5.78 Å². The molecule has 0 amide bonds. The van der Waals surface area contributed by atoms with Gasteiger partial charge in [-0.3, -0.25) is 4.79 Å². The molecule has 1 nitrogen and oxygen atoms in total. The van der Waals surface area contributed by atoms with Gasteiger partial charge in [0.2, 0.25) is 0 Å². The molecule has 88 valence electrons. The van der Waals surface area contributed by atoms with Crippen LogP contribution >= 0.6 is 0 Å². The lowest BCUT2D eigenvalue weighted by atomic mass is 9.75. The molecule has 0 aromatic heterocycles. The Morgan fingerprint density at radius 1 is 1.13 bits per heavy atom. The van der Waals surface area contributed by atoms with Gasteiger partial charge in [-0.05, 0) is 25.2 Å². The largest absolute Gasteiger partial charge is 0.299 e. The van der Waals surface area contributed by atoms with Crippen molar-refractivity contribution in [2.75, 3.05) is 0 Å². The van der Waals surface area contributed by atoms with Gasteiger partial charge >= 0.3 is 0 Å². The summed E-state index contributed by atoms with van der Waals surface area (Å²) in [6, 6.07) is 0. The quantitative estimate of drug-likeness (QED) is 0.637. The monoisotopic (exact) mass is 210 g/mol. The topological polar surface area (TPSA) is 17.1 Å². The van der Waals surface area contributed by atoms with Crippen molar-refractivity contribution in [3.05, 3.63) is 0 Å². The molecule has 1 heteroatoms. The molecule has 0 aliphatic heterocycles. The zero-order chi connectivity index (χ0) is 11.3. The van der Waals surface area contributed by atoms with Crippen LogP contribution in [0.2, 0.25) is 0 Å². The van der Waals surface area contributed by atoms with E-state index in [9.17, 15) is 4.79 Å². The molecule has 0 unspecified atom stereocenters. The Balaban J connectivity index is 2.57. The number of hydrogen-bond donors (Lipinski definition) is 0.